The molecule has 0 saturated heterocycles. The molecule has 2 rings (SSSR count). The van der Waals surface area contributed by atoms with E-state index in [1.54, 1.807) is 25.1 Å². The molecule has 0 spiro atoms. The highest BCUT2D eigenvalue weighted by molar-refractivity contribution is 6.28. The van der Waals surface area contributed by atoms with E-state index in [4.69, 9.17) is 17.3 Å². The molecule has 6 nitrogen and oxygen atoms in total. The van der Waals surface area contributed by atoms with Gasteiger partial charge in [-0.3, -0.25) is 4.79 Å². The first-order valence-corrected chi connectivity index (χ1v) is 5.46. The minimum absolute atomic E-state index is 0.0937. The van der Waals surface area contributed by atoms with Crippen molar-refractivity contribution in [1.29, 1.82) is 0 Å². The quantitative estimate of drug-likeness (QED) is 0.879. The number of carbonyl (C=O) groups excluding carboxylic acids is 1. The van der Waals surface area contributed by atoms with Crippen LogP contribution in [0.4, 0.5) is 11.6 Å². The third-order valence-corrected chi connectivity index (χ3v) is 2.57. The topological polar surface area (TPSA) is 93.8 Å². The second-order valence-corrected chi connectivity index (χ2v) is 3.88. The number of aromatic nitrogens is 3. The zero-order valence-electron chi connectivity index (χ0n) is 9.51. The van der Waals surface area contributed by atoms with Crippen molar-refractivity contribution in [3.05, 3.63) is 40.9 Å². The second kappa shape index (κ2) is 4.97. The van der Waals surface area contributed by atoms with Crippen LogP contribution in [-0.2, 0) is 0 Å². The molecule has 1 aromatic heterocycles. The van der Waals surface area contributed by atoms with Crippen LogP contribution in [0.2, 0.25) is 5.28 Å². The summed E-state index contributed by atoms with van der Waals surface area (Å²) in [6.45, 7) is 1.78. The molecule has 2 aromatic rings. The summed E-state index contributed by atoms with van der Waals surface area (Å²) >= 11 is 5.66. The molecule has 0 bridgehead atoms. The summed E-state index contributed by atoms with van der Waals surface area (Å²) in [4.78, 5) is 22.7. The molecule has 0 radical (unpaired) electrons. The Morgan fingerprint density at radius 2 is 2.17 bits per heavy atom. The Kier molecular flexibility index (Phi) is 3.38. The predicted molar refractivity (Wildman–Crippen MR) is 67.8 cm³/mol. The number of amides is 1. The number of nitrogens with one attached hydrogen (secondary N) is 1. The van der Waals surface area contributed by atoms with Crippen LogP contribution in [0, 0.1) is 6.92 Å². The number of hydrogen-bond acceptors (Lipinski definition) is 5. The fraction of sp³-hybridized carbons (Fsp3) is 0.0909. The lowest BCUT2D eigenvalue weighted by Gasteiger charge is -2.10. The first-order chi connectivity index (χ1) is 8.58. The van der Waals surface area contributed by atoms with Crippen LogP contribution in [0.25, 0.3) is 0 Å². The molecular weight excluding hydrogens is 254 g/mol. The van der Waals surface area contributed by atoms with E-state index >= 15 is 0 Å². The maximum Gasteiger partial charge on any atom is 0.249 e. The molecule has 0 unspecified atom stereocenters. The Morgan fingerprint density at radius 1 is 1.39 bits per heavy atom. The first-order valence-electron chi connectivity index (χ1n) is 5.09. The van der Waals surface area contributed by atoms with Crippen LogP contribution in [0.1, 0.15) is 15.9 Å². The van der Waals surface area contributed by atoms with Crippen molar-refractivity contribution in [3.63, 3.8) is 0 Å². The molecule has 0 fully saturated rings. The summed E-state index contributed by atoms with van der Waals surface area (Å²) < 4.78 is 0. The van der Waals surface area contributed by atoms with E-state index in [-0.39, 0.29) is 5.28 Å². The van der Waals surface area contributed by atoms with Gasteiger partial charge in [0.05, 0.1) is 0 Å². The SMILES string of the molecule is Cc1c(Nc2ncnc(Cl)n2)cccc1C(N)=O. The summed E-state index contributed by atoms with van der Waals surface area (Å²) in [5.74, 6) is -0.176. The zero-order chi connectivity index (χ0) is 13.1. The molecule has 0 aliphatic heterocycles. The molecule has 92 valence electrons. The summed E-state index contributed by atoms with van der Waals surface area (Å²) in [7, 11) is 0. The van der Waals surface area contributed by atoms with E-state index in [1.165, 1.54) is 6.33 Å². The van der Waals surface area contributed by atoms with Crippen LogP contribution in [0.3, 0.4) is 0 Å². The van der Waals surface area contributed by atoms with Gasteiger partial charge in [-0.1, -0.05) is 6.07 Å². The zero-order valence-corrected chi connectivity index (χ0v) is 10.3. The average molecular weight is 264 g/mol. The largest absolute Gasteiger partial charge is 0.366 e. The van der Waals surface area contributed by atoms with E-state index in [2.05, 4.69) is 20.3 Å². The normalized spacial score (nSPS) is 10.1. The number of primary amides is 1. The average Bonchev–Trinajstić information content (AvgIpc) is 2.31. The van der Waals surface area contributed by atoms with Gasteiger partial charge in [-0.05, 0) is 36.2 Å². The van der Waals surface area contributed by atoms with Gasteiger partial charge in [0.2, 0.25) is 17.1 Å². The third kappa shape index (κ3) is 2.54. The van der Waals surface area contributed by atoms with E-state index in [1.807, 2.05) is 0 Å². The van der Waals surface area contributed by atoms with Crippen molar-refractivity contribution < 1.29 is 4.79 Å². The summed E-state index contributed by atoms with van der Waals surface area (Å²) in [5, 5.41) is 3.05. The van der Waals surface area contributed by atoms with Gasteiger partial charge in [0.1, 0.15) is 6.33 Å². The molecule has 0 aliphatic carbocycles. The Hall–Kier alpha value is -2.21. The summed E-state index contributed by atoms with van der Waals surface area (Å²) in [6.07, 6.45) is 1.30. The highest BCUT2D eigenvalue weighted by atomic mass is 35.5. The van der Waals surface area contributed by atoms with Crippen molar-refractivity contribution in [1.82, 2.24) is 15.0 Å². The molecule has 0 atom stereocenters. The number of halogens is 1. The molecule has 1 aromatic carbocycles. The molecule has 1 amide bonds. The number of benzene rings is 1. The van der Waals surface area contributed by atoms with Crippen LogP contribution < -0.4 is 11.1 Å². The van der Waals surface area contributed by atoms with Gasteiger partial charge in [0, 0.05) is 11.3 Å². The van der Waals surface area contributed by atoms with Crippen LogP contribution in [0.5, 0.6) is 0 Å². The lowest BCUT2D eigenvalue weighted by atomic mass is 10.1. The number of anilines is 2. The van der Waals surface area contributed by atoms with Crippen LogP contribution in [0.15, 0.2) is 24.5 Å². The molecule has 0 aliphatic rings. The number of nitrogens with two attached hydrogens (primary N) is 1. The van der Waals surface area contributed by atoms with E-state index in [0.29, 0.717) is 17.2 Å². The highest BCUT2D eigenvalue weighted by Crippen LogP contribution is 2.21. The molecule has 1 heterocycles. The van der Waals surface area contributed by atoms with E-state index in [9.17, 15) is 4.79 Å². The number of nitrogens with zero attached hydrogens (tertiary/aromatic N) is 3. The maximum absolute atomic E-state index is 11.2. The molecule has 0 saturated carbocycles. The highest BCUT2D eigenvalue weighted by Gasteiger charge is 2.09. The summed E-state index contributed by atoms with van der Waals surface area (Å²) in [5.41, 5.74) is 7.13. The second-order valence-electron chi connectivity index (χ2n) is 3.55. The van der Waals surface area contributed by atoms with Crippen molar-refractivity contribution in [2.45, 2.75) is 6.92 Å². The van der Waals surface area contributed by atoms with E-state index in [0.717, 1.165) is 5.56 Å². The fourth-order valence-corrected chi connectivity index (χ4v) is 1.62. The van der Waals surface area contributed by atoms with Crippen LogP contribution >= 0.6 is 11.6 Å². The van der Waals surface area contributed by atoms with Gasteiger partial charge in [0.25, 0.3) is 0 Å². The van der Waals surface area contributed by atoms with Gasteiger partial charge in [-0.2, -0.15) is 4.98 Å². The van der Waals surface area contributed by atoms with Gasteiger partial charge in [0.15, 0.2) is 0 Å². The standard InChI is InChI=1S/C11H10ClN5O/c1-6-7(9(13)18)3-2-4-8(6)16-11-15-5-14-10(12)17-11/h2-5H,1H3,(H2,13,18)(H,14,15,16,17). The fourth-order valence-electron chi connectivity index (χ4n) is 1.49. The lowest BCUT2D eigenvalue weighted by molar-refractivity contribution is 0.1000. The number of carbonyl (C=O) groups is 1. The monoisotopic (exact) mass is 263 g/mol. The predicted octanol–water partition coefficient (Wildman–Crippen LogP) is 1.68. The maximum atomic E-state index is 11.2. The Morgan fingerprint density at radius 3 is 2.83 bits per heavy atom. The smallest absolute Gasteiger partial charge is 0.249 e. The molecule has 7 heteroatoms. The minimum Gasteiger partial charge on any atom is -0.366 e. The first kappa shape index (κ1) is 12.3. The van der Waals surface area contributed by atoms with Crippen molar-refractivity contribution in [2.24, 2.45) is 5.73 Å². The third-order valence-electron chi connectivity index (χ3n) is 2.39. The van der Waals surface area contributed by atoms with Crippen molar-refractivity contribution in [3.8, 4) is 0 Å². The molecule has 3 N–H and O–H groups in total. The molecular formula is C11H10ClN5O. The van der Waals surface area contributed by atoms with Crippen molar-refractivity contribution in [2.75, 3.05) is 5.32 Å². The van der Waals surface area contributed by atoms with Gasteiger partial charge >= 0.3 is 0 Å². The molecule has 18 heavy (non-hydrogen) atoms. The number of hydrogen-bond donors (Lipinski definition) is 2. The minimum atomic E-state index is -0.482. The van der Waals surface area contributed by atoms with Gasteiger partial charge in [-0.15, -0.1) is 0 Å². The Balaban J connectivity index is 2.35. The Labute approximate surface area is 108 Å². The van der Waals surface area contributed by atoms with E-state index < -0.39 is 5.91 Å². The van der Waals surface area contributed by atoms with Gasteiger partial charge in [-0.25, -0.2) is 9.97 Å². The van der Waals surface area contributed by atoms with Crippen molar-refractivity contribution >= 4 is 29.1 Å². The summed E-state index contributed by atoms with van der Waals surface area (Å²) in [6, 6.07) is 5.17. The Bertz CT molecular complexity index is 602. The number of rotatable bonds is 3. The lowest BCUT2D eigenvalue weighted by Crippen LogP contribution is -2.13. The van der Waals surface area contributed by atoms with Crippen LogP contribution in [-0.4, -0.2) is 20.9 Å². The van der Waals surface area contributed by atoms with Gasteiger partial charge < -0.3 is 11.1 Å².